The molecular weight excluding hydrogens is 212 g/mol. The highest BCUT2D eigenvalue weighted by Gasteiger charge is 2.27. The molecule has 0 unspecified atom stereocenters. The molecule has 1 aliphatic rings. The van der Waals surface area contributed by atoms with E-state index in [1.54, 1.807) is 0 Å². The Labute approximate surface area is 101 Å². The number of anilines is 2. The second-order valence-electron chi connectivity index (χ2n) is 4.21. The van der Waals surface area contributed by atoms with Gasteiger partial charge in [0.25, 0.3) is 0 Å². The third-order valence-electron chi connectivity index (χ3n) is 3.24. The topological polar surface area (TPSA) is 32.3 Å². The van der Waals surface area contributed by atoms with Gasteiger partial charge in [0.05, 0.1) is 17.7 Å². The Hall–Kier alpha value is -1.84. The van der Waals surface area contributed by atoms with Crippen LogP contribution in [0.2, 0.25) is 0 Å². The van der Waals surface area contributed by atoms with Crippen LogP contribution in [-0.2, 0) is 0 Å². The molecule has 0 saturated carbocycles. The molecule has 4 heteroatoms. The van der Waals surface area contributed by atoms with Crippen LogP contribution < -0.4 is 9.80 Å². The first-order valence-corrected chi connectivity index (χ1v) is 6.10. The minimum absolute atomic E-state index is 0.901. The van der Waals surface area contributed by atoms with E-state index < -0.39 is 0 Å². The molecule has 0 spiro atoms. The van der Waals surface area contributed by atoms with E-state index >= 15 is 0 Å². The van der Waals surface area contributed by atoms with E-state index in [1.807, 2.05) is 24.3 Å². The molecule has 17 heavy (non-hydrogen) atoms. The van der Waals surface area contributed by atoms with E-state index in [4.69, 9.17) is 9.97 Å². The van der Waals surface area contributed by atoms with Gasteiger partial charge in [0.15, 0.2) is 11.6 Å². The maximum atomic E-state index is 4.73. The van der Waals surface area contributed by atoms with Crippen molar-refractivity contribution < 1.29 is 0 Å². The Morgan fingerprint density at radius 1 is 0.941 bits per heavy atom. The maximum absolute atomic E-state index is 4.73. The van der Waals surface area contributed by atoms with Crippen LogP contribution in [0.3, 0.4) is 0 Å². The lowest BCUT2D eigenvalue weighted by Gasteiger charge is -2.17. The van der Waals surface area contributed by atoms with Gasteiger partial charge in [-0.05, 0) is 26.0 Å². The largest absolute Gasteiger partial charge is 0.336 e. The third-order valence-corrected chi connectivity index (χ3v) is 3.24. The summed E-state index contributed by atoms with van der Waals surface area (Å²) in [7, 11) is 0. The summed E-state index contributed by atoms with van der Waals surface area (Å²) in [6.45, 7) is 7.14. The van der Waals surface area contributed by atoms with Crippen LogP contribution in [0.15, 0.2) is 24.3 Å². The van der Waals surface area contributed by atoms with Crippen molar-refractivity contribution in [1.29, 1.82) is 0 Å². The van der Waals surface area contributed by atoms with E-state index in [-0.39, 0.29) is 0 Å². The van der Waals surface area contributed by atoms with Crippen molar-refractivity contribution in [3.05, 3.63) is 24.3 Å². The summed E-state index contributed by atoms with van der Waals surface area (Å²) in [5, 5.41) is 0. The first-order valence-electron chi connectivity index (χ1n) is 6.10. The zero-order valence-corrected chi connectivity index (χ0v) is 10.2. The third kappa shape index (κ3) is 1.52. The molecule has 1 aromatic heterocycles. The number of fused-ring (bicyclic) bond motifs is 2. The van der Waals surface area contributed by atoms with E-state index in [0.717, 1.165) is 42.4 Å². The lowest BCUT2D eigenvalue weighted by molar-refractivity contribution is 0.793. The van der Waals surface area contributed by atoms with Crippen molar-refractivity contribution in [2.24, 2.45) is 0 Å². The molecule has 1 aliphatic heterocycles. The number of hydrogen-bond donors (Lipinski definition) is 0. The van der Waals surface area contributed by atoms with Crippen LogP contribution in [0.25, 0.3) is 11.0 Å². The summed E-state index contributed by atoms with van der Waals surface area (Å²) in [4.78, 5) is 14.0. The van der Waals surface area contributed by atoms with E-state index in [2.05, 4.69) is 23.6 Å². The van der Waals surface area contributed by atoms with E-state index in [0.29, 0.717) is 0 Å². The van der Waals surface area contributed by atoms with Crippen molar-refractivity contribution in [3.8, 4) is 0 Å². The van der Waals surface area contributed by atoms with E-state index in [1.165, 1.54) is 0 Å². The van der Waals surface area contributed by atoms with Crippen molar-refractivity contribution in [3.63, 3.8) is 0 Å². The molecule has 0 radical (unpaired) electrons. The Morgan fingerprint density at radius 2 is 1.41 bits per heavy atom. The molecule has 0 saturated heterocycles. The highest BCUT2D eigenvalue weighted by Crippen LogP contribution is 2.33. The van der Waals surface area contributed by atoms with Crippen molar-refractivity contribution >= 4 is 22.7 Å². The number of nitrogens with zero attached hydrogens (tertiary/aromatic N) is 4. The average molecular weight is 228 g/mol. The molecule has 3 rings (SSSR count). The number of para-hydroxylation sites is 2. The Morgan fingerprint density at radius 3 is 1.82 bits per heavy atom. The van der Waals surface area contributed by atoms with Gasteiger partial charge in [-0.15, -0.1) is 0 Å². The van der Waals surface area contributed by atoms with Gasteiger partial charge in [0.2, 0.25) is 0 Å². The maximum Gasteiger partial charge on any atom is 0.174 e. The molecule has 0 fully saturated rings. The smallest absolute Gasteiger partial charge is 0.174 e. The molecule has 0 aliphatic carbocycles. The Kier molecular flexibility index (Phi) is 2.35. The number of aromatic nitrogens is 2. The lowest BCUT2D eigenvalue weighted by Crippen LogP contribution is -2.30. The quantitative estimate of drug-likeness (QED) is 0.789. The van der Waals surface area contributed by atoms with Gasteiger partial charge in [-0.2, -0.15) is 0 Å². The summed E-state index contributed by atoms with van der Waals surface area (Å²) in [5.41, 5.74) is 1.95. The van der Waals surface area contributed by atoms with Gasteiger partial charge in [-0.3, -0.25) is 0 Å². The van der Waals surface area contributed by atoms with Crippen LogP contribution in [-0.4, -0.2) is 29.7 Å². The minimum atomic E-state index is 0.901. The minimum Gasteiger partial charge on any atom is -0.336 e. The first kappa shape index (κ1) is 10.3. The monoisotopic (exact) mass is 228 g/mol. The molecule has 4 nitrogen and oxygen atoms in total. The van der Waals surface area contributed by atoms with Crippen LogP contribution in [0.1, 0.15) is 13.8 Å². The van der Waals surface area contributed by atoms with Gasteiger partial charge < -0.3 is 9.80 Å². The fourth-order valence-electron chi connectivity index (χ4n) is 2.25. The Balaban J connectivity index is 2.21. The Bertz CT molecular complexity index is 504. The predicted molar refractivity (Wildman–Crippen MR) is 70.4 cm³/mol. The molecule has 2 heterocycles. The molecule has 0 atom stereocenters. The number of benzene rings is 1. The highest BCUT2D eigenvalue weighted by atomic mass is 15.4. The molecule has 1 aromatic carbocycles. The van der Waals surface area contributed by atoms with Gasteiger partial charge >= 0.3 is 0 Å². The van der Waals surface area contributed by atoms with Gasteiger partial charge in [0, 0.05) is 13.1 Å². The summed E-state index contributed by atoms with van der Waals surface area (Å²) >= 11 is 0. The van der Waals surface area contributed by atoms with Crippen LogP contribution >= 0.6 is 0 Å². The molecule has 0 bridgehead atoms. The SMILES string of the molecule is CCN1CN(CC)c2nc3ccccc3nc21. The second-order valence-corrected chi connectivity index (χ2v) is 4.21. The first-order chi connectivity index (χ1) is 8.33. The van der Waals surface area contributed by atoms with Gasteiger partial charge in [-0.25, -0.2) is 9.97 Å². The lowest BCUT2D eigenvalue weighted by atomic mass is 10.3. The highest BCUT2D eigenvalue weighted by molar-refractivity contribution is 5.82. The summed E-state index contributed by atoms with van der Waals surface area (Å²) in [6.07, 6.45) is 0. The molecular formula is C13H16N4. The average Bonchev–Trinajstić information content (AvgIpc) is 2.73. The van der Waals surface area contributed by atoms with Crippen LogP contribution in [0.4, 0.5) is 11.6 Å². The summed E-state index contributed by atoms with van der Waals surface area (Å²) < 4.78 is 0. The zero-order valence-electron chi connectivity index (χ0n) is 10.2. The summed E-state index contributed by atoms with van der Waals surface area (Å²) in [5.74, 6) is 2.04. The normalized spacial score (nSPS) is 14.5. The molecule has 88 valence electrons. The van der Waals surface area contributed by atoms with Crippen LogP contribution in [0.5, 0.6) is 0 Å². The molecule has 0 N–H and O–H groups in total. The van der Waals surface area contributed by atoms with Crippen molar-refractivity contribution in [2.75, 3.05) is 29.6 Å². The number of rotatable bonds is 2. The van der Waals surface area contributed by atoms with Crippen molar-refractivity contribution in [1.82, 2.24) is 9.97 Å². The standard InChI is InChI=1S/C13H16N4/c1-3-16-9-17(4-2)13-12(16)14-10-7-5-6-8-11(10)15-13/h5-8H,3-4,9H2,1-2H3. The number of hydrogen-bond acceptors (Lipinski definition) is 4. The zero-order chi connectivity index (χ0) is 11.8. The van der Waals surface area contributed by atoms with Crippen molar-refractivity contribution in [2.45, 2.75) is 13.8 Å². The predicted octanol–water partition coefficient (Wildman–Crippen LogP) is 2.25. The van der Waals surface area contributed by atoms with Gasteiger partial charge in [0.1, 0.15) is 0 Å². The van der Waals surface area contributed by atoms with Gasteiger partial charge in [-0.1, -0.05) is 12.1 Å². The second kappa shape index (κ2) is 3.87. The fourth-order valence-corrected chi connectivity index (χ4v) is 2.25. The van der Waals surface area contributed by atoms with Crippen LogP contribution in [0, 0.1) is 0 Å². The van der Waals surface area contributed by atoms with E-state index in [9.17, 15) is 0 Å². The molecule has 0 amide bonds. The molecule has 2 aromatic rings. The fraction of sp³-hybridized carbons (Fsp3) is 0.385. The summed E-state index contributed by atoms with van der Waals surface area (Å²) in [6, 6.07) is 8.05.